The number of hydrogen-bond donors (Lipinski definition) is 1. The molecule has 0 unspecified atom stereocenters. The van der Waals surface area contributed by atoms with E-state index < -0.39 is 0 Å². The molecule has 24 heavy (non-hydrogen) atoms. The predicted octanol–water partition coefficient (Wildman–Crippen LogP) is 3.33. The number of thioether (sulfide) groups is 1. The number of nitrogens with one attached hydrogen (secondary N) is 1. The third kappa shape index (κ3) is 3.90. The first-order chi connectivity index (χ1) is 11.4. The van der Waals surface area contributed by atoms with E-state index in [2.05, 4.69) is 29.3 Å². The average Bonchev–Trinajstić information content (AvgIpc) is 3.05. The molecule has 1 N–H and O–H groups in total. The van der Waals surface area contributed by atoms with Gasteiger partial charge >= 0.3 is 6.03 Å². The molecule has 1 saturated heterocycles. The van der Waals surface area contributed by atoms with Crippen LogP contribution in [-0.2, 0) is 0 Å². The minimum Gasteiger partial charge on any atom is -0.334 e. The zero-order valence-corrected chi connectivity index (χ0v) is 15.0. The third-order valence-electron chi connectivity index (χ3n) is 3.90. The highest BCUT2D eigenvalue weighted by atomic mass is 32.2. The lowest BCUT2D eigenvalue weighted by Crippen LogP contribution is -2.50. The average molecular weight is 346 g/mol. The van der Waals surface area contributed by atoms with Gasteiger partial charge in [-0.15, -0.1) is 0 Å². The zero-order chi connectivity index (χ0) is 17.2. The van der Waals surface area contributed by atoms with E-state index in [-0.39, 0.29) is 16.8 Å². The van der Waals surface area contributed by atoms with Crippen molar-refractivity contribution in [3.63, 3.8) is 0 Å². The second kappa shape index (κ2) is 6.84. The Morgan fingerprint density at radius 2 is 2.12 bits per heavy atom. The van der Waals surface area contributed by atoms with Gasteiger partial charge in [-0.25, -0.2) is 4.79 Å². The van der Waals surface area contributed by atoms with Gasteiger partial charge in [-0.2, -0.15) is 16.7 Å². The maximum Gasteiger partial charge on any atom is 0.318 e. The summed E-state index contributed by atoms with van der Waals surface area (Å²) in [5.41, 5.74) is 0.865. The molecule has 128 valence electrons. The van der Waals surface area contributed by atoms with Crippen molar-refractivity contribution in [1.29, 1.82) is 0 Å². The summed E-state index contributed by atoms with van der Waals surface area (Å²) in [5.74, 6) is 1.89. The fourth-order valence-electron chi connectivity index (χ4n) is 2.64. The van der Waals surface area contributed by atoms with E-state index in [1.165, 1.54) is 0 Å². The van der Waals surface area contributed by atoms with Crippen LogP contribution in [0.4, 0.5) is 4.79 Å². The highest BCUT2D eigenvalue weighted by Gasteiger charge is 2.30. The summed E-state index contributed by atoms with van der Waals surface area (Å²) in [6, 6.07) is 9.20. The maximum atomic E-state index is 12.5. The Hall–Kier alpha value is -2.02. The predicted molar refractivity (Wildman–Crippen MR) is 94.8 cm³/mol. The van der Waals surface area contributed by atoms with E-state index >= 15 is 0 Å². The van der Waals surface area contributed by atoms with Crippen molar-refractivity contribution in [3.05, 3.63) is 36.2 Å². The van der Waals surface area contributed by atoms with E-state index in [0.717, 1.165) is 24.4 Å². The molecule has 2 heterocycles. The van der Waals surface area contributed by atoms with E-state index in [4.69, 9.17) is 4.52 Å². The van der Waals surface area contributed by atoms with Gasteiger partial charge in [0.2, 0.25) is 0 Å². The first-order valence-electron chi connectivity index (χ1n) is 8.03. The number of rotatable bonds is 3. The van der Waals surface area contributed by atoms with Gasteiger partial charge in [-0.1, -0.05) is 23.4 Å². The minimum absolute atomic E-state index is 0.0815. The Morgan fingerprint density at radius 1 is 1.38 bits per heavy atom. The SMILES string of the molecule is C[C@@H](NC(=O)N1CCSC(C)(C)C1)c1noc(-c2ccccc2)n1. The second-order valence-corrected chi connectivity index (χ2v) is 8.33. The quantitative estimate of drug-likeness (QED) is 0.923. The van der Waals surface area contributed by atoms with Gasteiger partial charge in [-0.05, 0) is 32.9 Å². The number of carbonyl (C=O) groups is 1. The molecule has 2 amide bonds. The summed E-state index contributed by atoms with van der Waals surface area (Å²) in [6.07, 6.45) is 0. The molecule has 0 saturated carbocycles. The summed E-state index contributed by atoms with van der Waals surface area (Å²) >= 11 is 1.90. The highest BCUT2D eigenvalue weighted by Crippen LogP contribution is 2.29. The number of benzene rings is 1. The van der Waals surface area contributed by atoms with Crippen LogP contribution in [0.2, 0.25) is 0 Å². The molecule has 1 aliphatic rings. The second-order valence-electron chi connectivity index (χ2n) is 6.52. The van der Waals surface area contributed by atoms with Crippen molar-refractivity contribution in [2.75, 3.05) is 18.8 Å². The molecule has 2 aromatic rings. The van der Waals surface area contributed by atoms with Crippen molar-refractivity contribution >= 4 is 17.8 Å². The van der Waals surface area contributed by atoms with Gasteiger partial charge in [0, 0.05) is 29.2 Å². The van der Waals surface area contributed by atoms with Crippen LogP contribution >= 0.6 is 11.8 Å². The molecule has 7 heteroatoms. The molecule has 0 spiro atoms. The molecular formula is C17H22N4O2S. The van der Waals surface area contributed by atoms with Crippen molar-refractivity contribution < 1.29 is 9.32 Å². The molecule has 0 bridgehead atoms. The Morgan fingerprint density at radius 3 is 2.83 bits per heavy atom. The van der Waals surface area contributed by atoms with E-state index in [0.29, 0.717) is 11.7 Å². The van der Waals surface area contributed by atoms with Crippen LogP contribution in [0.15, 0.2) is 34.9 Å². The number of urea groups is 1. The minimum atomic E-state index is -0.309. The summed E-state index contributed by atoms with van der Waals surface area (Å²) < 4.78 is 5.39. The van der Waals surface area contributed by atoms with Crippen LogP contribution in [-0.4, -0.2) is 44.7 Å². The fourth-order valence-corrected chi connectivity index (χ4v) is 3.75. The molecule has 1 aromatic heterocycles. The van der Waals surface area contributed by atoms with Crippen LogP contribution in [0.25, 0.3) is 11.5 Å². The fraction of sp³-hybridized carbons (Fsp3) is 0.471. The monoisotopic (exact) mass is 346 g/mol. The molecule has 1 atom stereocenters. The summed E-state index contributed by atoms with van der Waals surface area (Å²) in [5, 5.41) is 6.96. The zero-order valence-electron chi connectivity index (χ0n) is 14.2. The number of carbonyl (C=O) groups excluding carboxylic acids is 1. The summed E-state index contributed by atoms with van der Waals surface area (Å²) in [7, 11) is 0. The number of aromatic nitrogens is 2. The van der Waals surface area contributed by atoms with E-state index in [9.17, 15) is 4.79 Å². The normalized spacial score (nSPS) is 18.2. The smallest absolute Gasteiger partial charge is 0.318 e. The molecule has 1 aliphatic heterocycles. The van der Waals surface area contributed by atoms with Crippen LogP contribution < -0.4 is 5.32 Å². The molecule has 6 nitrogen and oxygen atoms in total. The summed E-state index contributed by atoms with van der Waals surface area (Å²) in [4.78, 5) is 18.7. The van der Waals surface area contributed by atoms with Gasteiger partial charge in [0.25, 0.3) is 5.89 Å². The van der Waals surface area contributed by atoms with Crippen molar-refractivity contribution in [2.45, 2.75) is 31.6 Å². The lowest BCUT2D eigenvalue weighted by atomic mass is 10.2. The highest BCUT2D eigenvalue weighted by molar-refractivity contribution is 8.00. The van der Waals surface area contributed by atoms with Crippen LogP contribution in [0.3, 0.4) is 0 Å². The Bertz CT molecular complexity index is 702. The first kappa shape index (κ1) is 16.8. The first-order valence-corrected chi connectivity index (χ1v) is 9.02. The topological polar surface area (TPSA) is 71.3 Å². The van der Waals surface area contributed by atoms with Gasteiger partial charge in [-0.3, -0.25) is 0 Å². The van der Waals surface area contributed by atoms with Crippen LogP contribution in [0.5, 0.6) is 0 Å². The van der Waals surface area contributed by atoms with Gasteiger partial charge in [0.05, 0.1) is 6.04 Å². The maximum absolute atomic E-state index is 12.5. The third-order valence-corrected chi connectivity index (χ3v) is 5.20. The van der Waals surface area contributed by atoms with Gasteiger partial charge in [0.15, 0.2) is 5.82 Å². The van der Waals surface area contributed by atoms with Crippen molar-refractivity contribution in [2.24, 2.45) is 0 Å². The molecule has 1 fully saturated rings. The lowest BCUT2D eigenvalue weighted by molar-refractivity contribution is 0.191. The number of nitrogens with zero attached hydrogens (tertiary/aromatic N) is 3. The lowest BCUT2D eigenvalue weighted by Gasteiger charge is -2.37. The van der Waals surface area contributed by atoms with Crippen molar-refractivity contribution in [1.82, 2.24) is 20.4 Å². The number of amides is 2. The molecule has 0 aliphatic carbocycles. The van der Waals surface area contributed by atoms with Gasteiger partial charge in [0.1, 0.15) is 0 Å². The molecule has 3 rings (SSSR count). The van der Waals surface area contributed by atoms with E-state index in [1.54, 1.807) is 0 Å². The largest absolute Gasteiger partial charge is 0.334 e. The van der Waals surface area contributed by atoms with E-state index in [1.807, 2.05) is 53.9 Å². The van der Waals surface area contributed by atoms with Gasteiger partial charge < -0.3 is 14.7 Å². The molecule has 0 radical (unpaired) electrons. The number of hydrogen-bond acceptors (Lipinski definition) is 5. The van der Waals surface area contributed by atoms with Crippen LogP contribution in [0, 0.1) is 0 Å². The summed E-state index contributed by atoms with van der Waals surface area (Å²) in [6.45, 7) is 7.67. The standard InChI is InChI=1S/C17H22N4O2S/c1-12(18-16(22)21-9-10-24-17(2,3)11-21)14-19-15(23-20-14)13-7-5-4-6-8-13/h4-8,12H,9-11H2,1-3H3,(H,18,22)/t12-/m1/s1. The Kier molecular flexibility index (Phi) is 4.80. The molecule has 1 aromatic carbocycles. The van der Waals surface area contributed by atoms with Crippen molar-refractivity contribution in [3.8, 4) is 11.5 Å². The Balaban J connectivity index is 1.64. The molecular weight excluding hydrogens is 324 g/mol. The van der Waals surface area contributed by atoms with Crippen LogP contribution in [0.1, 0.15) is 32.6 Å². The Labute approximate surface area is 146 Å².